The van der Waals surface area contributed by atoms with E-state index in [4.69, 9.17) is 11.6 Å². The van der Waals surface area contributed by atoms with Gasteiger partial charge in [0, 0.05) is 4.90 Å². The van der Waals surface area contributed by atoms with E-state index >= 15 is 0 Å². The number of benzene rings is 1. The summed E-state index contributed by atoms with van der Waals surface area (Å²) in [5.41, 5.74) is 1.10. The van der Waals surface area contributed by atoms with Crippen molar-refractivity contribution in [3.8, 4) is 0 Å². The Morgan fingerprint density at radius 1 is 1.00 bits per heavy atom. The molecule has 0 N–H and O–H groups in total. The highest BCUT2D eigenvalue weighted by Gasteiger charge is 2.34. The normalized spacial score (nSPS) is 15.1. The topological polar surface area (TPSA) is 34.1 Å². The van der Waals surface area contributed by atoms with Crippen molar-refractivity contribution in [2.24, 2.45) is 0 Å². The zero-order valence-electron chi connectivity index (χ0n) is 14.4. The second-order valence-corrected chi connectivity index (χ2v) is 8.85. The van der Waals surface area contributed by atoms with E-state index in [0.717, 1.165) is 24.8 Å². The molecular formula is C19H29ClO2S. The van der Waals surface area contributed by atoms with Gasteiger partial charge >= 0.3 is 0 Å². The molecule has 0 amide bonds. The first-order valence-corrected chi connectivity index (χ1v) is 10.2. The average molecular weight is 357 g/mol. The van der Waals surface area contributed by atoms with E-state index in [1.165, 1.54) is 32.1 Å². The fraction of sp³-hybridized carbons (Fsp3) is 0.632. The molecule has 0 bridgehead atoms. The molecule has 1 rings (SSSR count). The van der Waals surface area contributed by atoms with E-state index < -0.39 is 15.0 Å². The number of carbonyl (C=O) groups excluding carboxylic acids is 1. The molecule has 0 aliphatic rings. The Balaban J connectivity index is 2.40. The highest BCUT2D eigenvalue weighted by Crippen LogP contribution is 2.30. The van der Waals surface area contributed by atoms with Gasteiger partial charge in [-0.3, -0.25) is 4.21 Å². The molecule has 0 spiro atoms. The van der Waals surface area contributed by atoms with E-state index in [9.17, 15) is 9.00 Å². The lowest BCUT2D eigenvalue weighted by atomic mass is 10.1. The van der Waals surface area contributed by atoms with E-state index in [2.05, 4.69) is 6.92 Å². The van der Waals surface area contributed by atoms with Crippen molar-refractivity contribution in [1.29, 1.82) is 0 Å². The van der Waals surface area contributed by atoms with Crippen molar-refractivity contribution >= 4 is 28.7 Å². The predicted octanol–water partition coefficient (Wildman–Crippen LogP) is 5.77. The summed E-state index contributed by atoms with van der Waals surface area (Å²) in [6.45, 7) is 4.19. The number of hydrogen-bond donors (Lipinski definition) is 0. The van der Waals surface area contributed by atoms with Crippen LogP contribution in [-0.2, 0) is 15.6 Å². The van der Waals surface area contributed by atoms with Gasteiger partial charge in [0.15, 0.2) is 10.5 Å². The molecule has 2 nitrogen and oxygen atoms in total. The van der Waals surface area contributed by atoms with Gasteiger partial charge in [-0.2, -0.15) is 0 Å². The Hall–Kier alpha value is -0.670. The Kier molecular flexibility index (Phi) is 9.73. The summed E-state index contributed by atoms with van der Waals surface area (Å²) in [6.07, 6.45) is 10.6. The lowest BCUT2D eigenvalue weighted by Gasteiger charge is -2.20. The number of unbranched alkanes of at least 4 members (excludes halogenated alkanes) is 7. The van der Waals surface area contributed by atoms with Crippen molar-refractivity contribution in [1.82, 2.24) is 0 Å². The third-order valence-electron chi connectivity index (χ3n) is 4.09. The molecule has 0 aromatic heterocycles. The Morgan fingerprint density at radius 3 is 2.04 bits per heavy atom. The summed E-state index contributed by atoms with van der Waals surface area (Å²) in [5, 5.41) is 0. The number of aryl methyl sites for hydroxylation is 1. The van der Waals surface area contributed by atoms with Crippen LogP contribution < -0.4 is 0 Å². The van der Waals surface area contributed by atoms with Crippen LogP contribution in [0.2, 0.25) is 0 Å². The van der Waals surface area contributed by atoms with Crippen LogP contribution >= 0.6 is 11.6 Å². The van der Waals surface area contributed by atoms with Crippen molar-refractivity contribution < 1.29 is 9.00 Å². The molecule has 0 radical (unpaired) electrons. The van der Waals surface area contributed by atoms with Crippen LogP contribution in [-0.4, -0.2) is 14.7 Å². The number of carbonyl (C=O) groups is 1. The zero-order chi connectivity index (χ0) is 17.1. The minimum atomic E-state index is -1.51. The number of hydrogen-bond acceptors (Lipinski definition) is 2. The van der Waals surface area contributed by atoms with Crippen LogP contribution in [0.25, 0.3) is 0 Å². The van der Waals surface area contributed by atoms with Gasteiger partial charge in [0.05, 0.1) is 10.8 Å². The third-order valence-corrected chi connectivity index (χ3v) is 6.41. The van der Waals surface area contributed by atoms with Gasteiger partial charge in [-0.25, -0.2) is 0 Å². The molecule has 0 aliphatic heterocycles. The maximum atomic E-state index is 12.6. The summed E-state index contributed by atoms with van der Waals surface area (Å²) in [4.78, 5) is 12.0. The van der Waals surface area contributed by atoms with E-state index in [0.29, 0.717) is 17.6 Å². The summed E-state index contributed by atoms with van der Waals surface area (Å²) in [7, 11) is -1.51. The molecular weight excluding hydrogens is 328 g/mol. The van der Waals surface area contributed by atoms with Crippen molar-refractivity contribution in [2.45, 2.75) is 80.7 Å². The highest BCUT2D eigenvalue weighted by molar-refractivity contribution is 7.88. The average Bonchev–Trinajstić information content (AvgIpc) is 2.57. The van der Waals surface area contributed by atoms with Crippen molar-refractivity contribution in [3.63, 3.8) is 0 Å². The molecule has 0 heterocycles. The summed E-state index contributed by atoms with van der Waals surface area (Å²) < 4.78 is 11.3. The second kappa shape index (κ2) is 11.0. The molecule has 0 saturated heterocycles. The maximum absolute atomic E-state index is 12.6. The quantitative estimate of drug-likeness (QED) is 0.271. The molecule has 2 unspecified atom stereocenters. The molecule has 0 fully saturated rings. The molecule has 4 heteroatoms. The Morgan fingerprint density at radius 2 is 1.52 bits per heavy atom. The first kappa shape index (κ1) is 20.4. The standard InChI is InChI=1S/C19H29ClO2S/c1-3-4-5-6-7-8-9-10-15-19(20,16-21)23(22)18-13-11-17(2)12-14-18/h11-14,16H,3-10,15H2,1-2H3. The van der Waals surface area contributed by atoms with Crippen LogP contribution in [0.15, 0.2) is 29.2 Å². The van der Waals surface area contributed by atoms with Crippen molar-refractivity contribution in [2.75, 3.05) is 0 Å². The van der Waals surface area contributed by atoms with Crippen LogP contribution in [0.5, 0.6) is 0 Å². The summed E-state index contributed by atoms with van der Waals surface area (Å²) >= 11 is 6.36. The van der Waals surface area contributed by atoms with Crippen LogP contribution in [0.4, 0.5) is 0 Å². The van der Waals surface area contributed by atoms with Gasteiger partial charge in [-0.1, -0.05) is 87.6 Å². The zero-order valence-corrected chi connectivity index (χ0v) is 15.9. The number of halogens is 1. The number of alkyl halides is 1. The fourth-order valence-corrected chi connectivity index (χ4v) is 4.15. The third kappa shape index (κ3) is 7.17. The van der Waals surface area contributed by atoms with Gasteiger partial charge in [0.2, 0.25) is 0 Å². The molecule has 0 saturated carbocycles. The van der Waals surface area contributed by atoms with Gasteiger partial charge in [0.25, 0.3) is 0 Å². The van der Waals surface area contributed by atoms with Gasteiger partial charge in [-0.15, -0.1) is 0 Å². The van der Waals surface area contributed by atoms with E-state index in [-0.39, 0.29) is 0 Å². The van der Waals surface area contributed by atoms with E-state index in [1.807, 2.05) is 19.1 Å². The molecule has 2 atom stereocenters. The van der Waals surface area contributed by atoms with Crippen LogP contribution in [0.1, 0.15) is 70.3 Å². The largest absolute Gasteiger partial charge is 0.300 e. The van der Waals surface area contributed by atoms with Crippen LogP contribution in [0, 0.1) is 6.92 Å². The Labute approximate surface area is 148 Å². The van der Waals surface area contributed by atoms with Gasteiger partial charge < -0.3 is 4.79 Å². The first-order chi connectivity index (χ1) is 11.0. The van der Waals surface area contributed by atoms with Gasteiger partial charge in [-0.05, 0) is 25.5 Å². The highest BCUT2D eigenvalue weighted by atomic mass is 35.5. The molecule has 1 aromatic carbocycles. The predicted molar refractivity (Wildman–Crippen MR) is 99.5 cm³/mol. The Bertz CT molecular complexity index is 487. The first-order valence-electron chi connectivity index (χ1n) is 8.67. The molecule has 1 aromatic rings. The summed E-state index contributed by atoms with van der Waals surface area (Å²) in [6, 6.07) is 7.37. The lowest BCUT2D eigenvalue weighted by Crippen LogP contribution is -2.29. The molecule has 0 aliphatic carbocycles. The van der Waals surface area contributed by atoms with Crippen LogP contribution in [0.3, 0.4) is 0 Å². The smallest absolute Gasteiger partial charge is 0.178 e. The minimum absolute atomic E-state index is 0.466. The number of aldehydes is 1. The number of rotatable bonds is 12. The second-order valence-electron chi connectivity index (χ2n) is 6.21. The van der Waals surface area contributed by atoms with Crippen molar-refractivity contribution in [3.05, 3.63) is 29.8 Å². The lowest BCUT2D eigenvalue weighted by molar-refractivity contribution is -0.108. The SMILES string of the molecule is CCCCCCCCCCC(Cl)(C=O)S(=O)c1ccc(C)cc1. The molecule has 130 valence electrons. The molecule has 23 heavy (non-hydrogen) atoms. The maximum Gasteiger partial charge on any atom is 0.178 e. The fourth-order valence-electron chi connectivity index (χ4n) is 2.55. The monoisotopic (exact) mass is 356 g/mol. The summed E-state index contributed by atoms with van der Waals surface area (Å²) in [5.74, 6) is 0. The minimum Gasteiger partial charge on any atom is -0.300 e. The van der Waals surface area contributed by atoms with Gasteiger partial charge in [0.1, 0.15) is 0 Å². The van der Waals surface area contributed by atoms with E-state index in [1.54, 1.807) is 12.1 Å².